The van der Waals surface area contributed by atoms with Crippen LogP contribution >= 0.6 is 0 Å². The topological polar surface area (TPSA) is 75.6 Å². The van der Waals surface area contributed by atoms with E-state index in [9.17, 15) is 9.59 Å². The zero-order valence-electron chi connectivity index (χ0n) is 11.0. The second-order valence-electron chi connectivity index (χ2n) is 4.18. The summed E-state index contributed by atoms with van der Waals surface area (Å²) in [5.41, 5.74) is 1.10. The Bertz CT molecular complexity index is 431. The van der Waals surface area contributed by atoms with E-state index < -0.39 is 5.97 Å². The maximum Gasteiger partial charge on any atom is 0.307 e. The lowest BCUT2D eigenvalue weighted by Crippen LogP contribution is -2.20. The molecule has 0 aliphatic rings. The van der Waals surface area contributed by atoms with E-state index in [4.69, 9.17) is 9.84 Å². The minimum atomic E-state index is -0.930. The van der Waals surface area contributed by atoms with Crippen LogP contribution in [0.5, 0.6) is 0 Å². The van der Waals surface area contributed by atoms with Crippen LogP contribution in [0.1, 0.15) is 25.3 Å². The summed E-state index contributed by atoms with van der Waals surface area (Å²) in [4.78, 5) is 22.3. The molecule has 0 radical (unpaired) electrons. The van der Waals surface area contributed by atoms with Gasteiger partial charge in [0, 0.05) is 12.3 Å². The standard InChI is InChI=1S/C14H19NO4/c1-2-3-8-19-10-13(16)15-12-7-5-4-6-11(12)9-14(17)18/h4-7H,2-3,8-10H2,1H3,(H,15,16)(H,17,18). The van der Waals surface area contributed by atoms with E-state index in [2.05, 4.69) is 5.32 Å². The van der Waals surface area contributed by atoms with E-state index in [1.807, 2.05) is 6.92 Å². The number of unbranched alkanes of at least 4 members (excludes halogenated alkanes) is 1. The van der Waals surface area contributed by atoms with E-state index in [1.54, 1.807) is 24.3 Å². The number of carboxylic acids is 1. The number of carboxylic acid groups (broad SMARTS) is 1. The monoisotopic (exact) mass is 265 g/mol. The average molecular weight is 265 g/mol. The molecule has 0 aliphatic carbocycles. The van der Waals surface area contributed by atoms with E-state index in [1.165, 1.54) is 0 Å². The third-order valence-electron chi connectivity index (χ3n) is 2.51. The molecule has 1 rings (SSSR count). The molecule has 1 aromatic carbocycles. The third-order valence-corrected chi connectivity index (χ3v) is 2.51. The van der Waals surface area contributed by atoms with Crippen molar-refractivity contribution in [2.75, 3.05) is 18.5 Å². The molecule has 0 saturated heterocycles. The predicted molar refractivity (Wildman–Crippen MR) is 72.1 cm³/mol. The number of amides is 1. The second kappa shape index (κ2) is 8.26. The van der Waals surface area contributed by atoms with Gasteiger partial charge in [-0.25, -0.2) is 0 Å². The maximum absolute atomic E-state index is 11.6. The van der Waals surface area contributed by atoms with Crippen LogP contribution in [-0.2, 0) is 20.7 Å². The van der Waals surface area contributed by atoms with Crippen molar-refractivity contribution in [1.29, 1.82) is 0 Å². The van der Waals surface area contributed by atoms with Crippen LogP contribution in [0, 0.1) is 0 Å². The summed E-state index contributed by atoms with van der Waals surface area (Å²) in [6.45, 7) is 2.59. The first-order valence-corrected chi connectivity index (χ1v) is 6.30. The zero-order valence-corrected chi connectivity index (χ0v) is 11.0. The molecule has 0 heterocycles. The lowest BCUT2D eigenvalue weighted by molar-refractivity contribution is -0.136. The van der Waals surface area contributed by atoms with Crippen LogP contribution < -0.4 is 5.32 Å². The zero-order chi connectivity index (χ0) is 14.1. The summed E-state index contributed by atoms with van der Waals surface area (Å²) in [5, 5.41) is 11.5. The van der Waals surface area contributed by atoms with Crippen molar-refractivity contribution in [3.05, 3.63) is 29.8 Å². The van der Waals surface area contributed by atoms with Gasteiger partial charge in [-0.1, -0.05) is 31.5 Å². The van der Waals surface area contributed by atoms with Gasteiger partial charge in [-0.15, -0.1) is 0 Å². The number of rotatable bonds is 8. The van der Waals surface area contributed by atoms with Gasteiger partial charge in [-0.3, -0.25) is 9.59 Å². The van der Waals surface area contributed by atoms with Gasteiger partial charge in [-0.05, 0) is 18.1 Å². The van der Waals surface area contributed by atoms with Gasteiger partial charge in [0.05, 0.1) is 6.42 Å². The van der Waals surface area contributed by atoms with Crippen LogP contribution in [0.2, 0.25) is 0 Å². The van der Waals surface area contributed by atoms with Crippen molar-refractivity contribution in [3.63, 3.8) is 0 Å². The molecule has 19 heavy (non-hydrogen) atoms. The van der Waals surface area contributed by atoms with Crippen LogP contribution in [0.4, 0.5) is 5.69 Å². The minimum absolute atomic E-state index is 0.0125. The van der Waals surface area contributed by atoms with Crippen LogP contribution in [0.15, 0.2) is 24.3 Å². The fourth-order valence-corrected chi connectivity index (χ4v) is 1.56. The molecule has 0 saturated carbocycles. The Morgan fingerprint density at radius 1 is 1.32 bits per heavy atom. The van der Waals surface area contributed by atoms with Gasteiger partial charge < -0.3 is 15.2 Å². The van der Waals surface area contributed by atoms with Gasteiger partial charge >= 0.3 is 5.97 Å². The van der Waals surface area contributed by atoms with E-state index >= 15 is 0 Å². The summed E-state index contributed by atoms with van der Waals surface area (Å²) in [6.07, 6.45) is 1.82. The highest BCUT2D eigenvalue weighted by Crippen LogP contribution is 2.15. The van der Waals surface area contributed by atoms with Gasteiger partial charge in [-0.2, -0.15) is 0 Å². The first kappa shape index (κ1) is 15.2. The second-order valence-corrected chi connectivity index (χ2v) is 4.18. The van der Waals surface area contributed by atoms with Crippen molar-refractivity contribution in [1.82, 2.24) is 0 Å². The smallest absolute Gasteiger partial charge is 0.307 e. The molecule has 2 N–H and O–H groups in total. The SMILES string of the molecule is CCCCOCC(=O)Nc1ccccc1CC(=O)O. The van der Waals surface area contributed by atoms with E-state index in [0.29, 0.717) is 17.9 Å². The molecule has 1 amide bonds. The lowest BCUT2D eigenvalue weighted by Gasteiger charge is -2.09. The average Bonchev–Trinajstić information content (AvgIpc) is 2.36. The quantitative estimate of drug-likeness (QED) is 0.705. The molecular weight excluding hydrogens is 246 g/mol. The molecule has 0 aromatic heterocycles. The molecule has 5 nitrogen and oxygen atoms in total. The number of aliphatic carboxylic acids is 1. The minimum Gasteiger partial charge on any atom is -0.481 e. The first-order chi connectivity index (χ1) is 9.13. The molecule has 0 atom stereocenters. The Morgan fingerprint density at radius 3 is 2.74 bits per heavy atom. The molecule has 0 unspecified atom stereocenters. The van der Waals surface area contributed by atoms with Crippen molar-refractivity contribution >= 4 is 17.6 Å². The Kier molecular flexibility index (Phi) is 6.60. The number of anilines is 1. The molecular formula is C14H19NO4. The summed E-state index contributed by atoms with van der Waals surface area (Å²) in [5.74, 6) is -1.20. The predicted octanol–water partition coefficient (Wildman–Crippen LogP) is 2.07. The number of ether oxygens (including phenoxy) is 1. The Balaban J connectivity index is 2.51. The molecule has 0 spiro atoms. The fraction of sp³-hybridized carbons (Fsp3) is 0.429. The van der Waals surface area contributed by atoms with Gasteiger partial charge in [0.1, 0.15) is 6.61 Å². The van der Waals surface area contributed by atoms with E-state index in [-0.39, 0.29) is 18.9 Å². The number of hydrogen-bond acceptors (Lipinski definition) is 3. The van der Waals surface area contributed by atoms with Crippen molar-refractivity contribution in [2.45, 2.75) is 26.2 Å². The number of hydrogen-bond donors (Lipinski definition) is 2. The van der Waals surface area contributed by atoms with Crippen molar-refractivity contribution in [3.8, 4) is 0 Å². The lowest BCUT2D eigenvalue weighted by atomic mass is 10.1. The molecule has 104 valence electrons. The Labute approximate surface area is 112 Å². The number of benzene rings is 1. The normalized spacial score (nSPS) is 10.2. The number of para-hydroxylation sites is 1. The summed E-state index contributed by atoms with van der Waals surface area (Å²) in [7, 11) is 0. The molecule has 0 fully saturated rings. The van der Waals surface area contributed by atoms with E-state index in [0.717, 1.165) is 12.8 Å². The van der Waals surface area contributed by atoms with Gasteiger partial charge in [0.2, 0.25) is 5.91 Å². The molecule has 5 heteroatoms. The number of carbonyl (C=O) groups is 2. The van der Waals surface area contributed by atoms with Gasteiger partial charge in [0.15, 0.2) is 0 Å². The van der Waals surface area contributed by atoms with Crippen LogP contribution in [0.25, 0.3) is 0 Å². The first-order valence-electron chi connectivity index (χ1n) is 6.30. The highest BCUT2D eigenvalue weighted by molar-refractivity contribution is 5.93. The highest BCUT2D eigenvalue weighted by Gasteiger charge is 2.09. The fourth-order valence-electron chi connectivity index (χ4n) is 1.56. The molecule has 0 aliphatic heterocycles. The largest absolute Gasteiger partial charge is 0.481 e. The van der Waals surface area contributed by atoms with Gasteiger partial charge in [0.25, 0.3) is 0 Å². The highest BCUT2D eigenvalue weighted by atomic mass is 16.5. The van der Waals surface area contributed by atoms with Crippen LogP contribution in [0.3, 0.4) is 0 Å². The van der Waals surface area contributed by atoms with Crippen molar-refractivity contribution < 1.29 is 19.4 Å². The number of nitrogens with one attached hydrogen (secondary N) is 1. The molecule has 0 bridgehead atoms. The third kappa shape index (κ3) is 6.01. The summed E-state index contributed by atoms with van der Waals surface area (Å²) >= 11 is 0. The summed E-state index contributed by atoms with van der Waals surface area (Å²) in [6, 6.07) is 6.86. The maximum atomic E-state index is 11.6. The van der Waals surface area contributed by atoms with Crippen molar-refractivity contribution in [2.24, 2.45) is 0 Å². The molecule has 1 aromatic rings. The Hall–Kier alpha value is -1.88. The van der Waals surface area contributed by atoms with Crippen LogP contribution in [-0.4, -0.2) is 30.2 Å². The summed E-state index contributed by atoms with van der Waals surface area (Å²) < 4.78 is 5.20. The number of carbonyl (C=O) groups excluding carboxylic acids is 1. The Morgan fingerprint density at radius 2 is 2.05 bits per heavy atom.